The van der Waals surface area contributed by atoms with Gasteiger partial charge >= 0.3 is 0 Å². The van der Waals surface area contributed by atoms with Crippen LogP contribution in [-0.4, -0.2) is 39.4 Å². The minimum absolute atomic E-state index is 0.00658. The van der Waals surface area contributed by atoms with Gasteiger partial charge in [-0.25, -0.2) is 13.8 Å². The van der Waals surface area contributed by atoms with Gasteiger partial charge in [0.25, 0.3) is 5.91 Å². The molecule has 1 fully saturated rings. The van der Waals surface area contributed by atoms with Gasteiger partial charge in [-0.1, -0.05) is 6.92 Å². The Morgan fingerprint density at radius 1 is 1.29 bits per heavy atom. The van der Waals surface area contributed by atoms with E-state index in [1.807, 2.05) is 6.07 Å². The Kier molecular flexibility index (Phi) is 5.92. The van der Waals surface area contributed by atoms with Gasteiger partial charge in [0.15, 0.2) is 5.82 Å². The van der Waals surface area contributed by atoms with Gasteiger partial charge in [-0.2, -0.15) is 4.37 Å². The Labute approximate surface area is 182 Å². The van der Waals surface area contributed by atoms with E-state index in [4.69, 9.17) is 5.73 Å². The molecule has 2 atom stereocenters. The highest BCUT2D eigenvalue weighted by Gasteiger charge is 2.25. The number of piperidine rings is 1. The second-order valence-corrected chi connectivity index (χ2v) is 8.63. The minimum atomic E-state index is -0.771. The SMILES string of the molecule is Cc1cc(F)c(-c2nsc(C(=O)Nc3cnccc3N3C[C@H](C)C[C@H](N)C3)n2)c(F)c1. The van der Waals surface area contributed by atoms with Crippen LogP contribution < -0.4 is 16.0 Å². The first-order chi connectivity index (χ1) is 14.8. The maximum atomic E-state index is 14.2. The number of aryl methyl sites for hydroxylation is 1. The van der Waals surface area contributed by atoms with Crippen molar-refractivity contribution in [2.75, 3.05) is 23.3 Å². The molecule has 3 heterocycles. The summed E-state index contributed by atoms with van der Waals surface area (Å²) in [7, 11) is 0. The van der Waals surface area contributed by atoms with Crippen LogP contribution >= 0.6 is 11.5 Å². The zero-order chi connectivity index (χ0) is 22.1. The molecule has 1 aliphatic rings. The smallest absolute Gasteiger partial charge is 0.286 e. The number of nitrogens with one attached hydrogen (secondary N) is 1. The highest BCUT2D eigenvalue weighted by Crippen LogP contribution is 2.30. The molecular formula is C21H22F2N6OS. The summed E-state index contributed by atoms with van der Waals surface area (Å²) in [5.41, 5.74) is 7.59. The maximum Gasteiger partial charge on any atom is 0.286 e. The summed E-state index contributed by atoms with van der Waals surface area (Å²) in [5, 5.41) is 2.79. The summed E-state index contributed by atoms with van der Waals surface area (Å²) in [6, 6.07) is 4.27. The molecule has 10 heteroatoms. The predicted octanol–water partition coefficient (Wildman–Crippen LogP) is 3.61. The van der Waals surface area contributed by atoms with Crippen LogP contribution in [0.15, 0.2) is 30.6 Å². The summed E-state index contributed by atoms with van der Waals surface area (Å²) in [5.74, 6) is -1.81. The van der Waals surface area contributed by atoms with E-state index in [1.165, 1.54) is 12.1 Å². The Balaban J connectivity index is 1.57. The molecule has 0 bridgehead atoms. The van der Waals surface area contributed by atoms with Crippen molar-refractivity contribution in [3.8, 4) is 11.4 Å². The molecule has 7 nitrogen and oxygen atoms in total. The number of nitrogens with two attached hydrogens (primary N) is 1. The average molecular weight is 445 g/mol. The number of aromatic nitrogens is 3. The van der Waals surface area contributed by atoms with Crippen LogP contribution in [0.25, 0.3) is 11.4 Å². The second kappa shape index (κ2) is 8.64. The lowest BCUT2D eigenvalue weighted by atomic mass is 9.96. The first kappa shape index (κ1) is 21.3. The molecular weight excluding hydrogens is 422 g/mol. The van der Waals surface area contributed by atoms with E-state index in [-0.39, 0.29) is 22.4 Å². The molecule has 31 heavy (non-hydrogen) atoms. The summed E-state index contributed by atoms with van der Waals surface area (Å²) in [6.07, 6.45) is 4.16. The zero-order valence-corrected chi connectivity index (χ0v) is 17.9. The summed E-state index contributed by atoms with van der Waals surface area (Å²) >= 11 is 0.775. The van der Waals surface area contributed by atoms with E-state index in [0.717, 1.165) is 30.2 Å². The number of carbonyl (C=O) groups is 1. The number of benzene rings is 1. The predicted molar refractivity (Wildman–Crippen MR) is 116 cm³/mol. The van der Waals surface area contributed by atoms with Gasteiger partial charge in [0.2, 0.25) is 5.01 Å². The fourth-order valence-corrected chi connectivity index (χ4v) is 4.43. The lowest BCUT2D eigenvalue weighted by Gasteiger charge is -2.37. The molecule has 3 aromatic rings. The van der Waals surface area contributed by atoms with Gasteiger partial charge in [-0.05, 0) is 54.6 Å². The lowest BCUT2D eigenvalue weighted by molar-refractivity contribution is 0.102. The Hall–Kier alpha value is -2.98. The summed E-state index contributed by atoms with van der Waals surface area (Å²) in [6.45, 7) is 5.21. The summed E-state index contributed by atoms with van der Waals surface area (Å²) < 4.78 is 32.5. The van der Waals surface area contributed by atoms with Crippen molar-refractivity contribution in [1.29, 1.82) is 0 Å². The average Bonchev–Trinajstić information content (AvgIpc) is 3.16. The van der Waals surface area contributed by atoms with Gasteiger partial charge < -0.3 is 16.0 Å². The summed E-state index contributed by atoms with van der Waals surface area (Å²) in [4.78, 5) is 23.1. The van der Waals surface area contributed by atoms with E-state index >= 15 is 0 Å². The highest BCUT2D eigenvalue weighted by molar-refractivity contribution is 7.08. The topological polar surface area (TPSA) is 97.0 Å². The largest absolute Gasteiger partial charge is 0.368 e. The number of hydrogen-bond donors (Lipinski definition) is 2. The number of hydrogen-bond acceptors (Lipinski definition) is 7. The maximum absolute atomic E-state index is 14.2. The van der Waals surface area contributed by atoms with Crippen LogP contribution in [-0.2, 0) is 0 Å². The van der Waals surface area contributed by atoms with Crippen molar-refractivity contribution in [2.24, 2.45) is 11.7 Å². The first-order valence-corrected chi connectivity index (χ1v) is 10.6. The van der Waals surface area contributed by atoms with Gasteiger partial charge in [-0.3, -0.25) is 9.78 Å². The van der Waals surface area contributed by atoms with E-state index in [2.05, 4.69) is 31.5 Å². The normalized spacial score (nSPS) is 18.8. The van der Waals surface area contributed by atoms with Gasteiger partial charge in [0.1, 0.15) is 11.6 Å². The van der Waals surface area contributed by atoms with Crippen LogP contribution in [0.2, 0.25) is 0 Å². The number of rotatable bonds is 4. The number of pyridine rings is 1. The van der Waals surface area contributed by atoms with Crippen LogP contribution in [0.5, 0.6) is 0 Å². The molecule has 0 spiro atoms. The molecule has 4 rings (SSSR count). The third-order valence-corrected chi connectivity index (χ3v) is 5.82. The Bertz CT molecular complexity index is 1090. The van der Waals surface area contributed by atoms with Crippen molar-refractivity contribution < 1.29 is 13.6 Å². The van der Waals surface area contributed by atoms with Gasteiger partial charge in [-0.15, -0.1) is 0 Å². The molecule has 3 N–H and O–H groups in total. The third kappa shape index (κ3) is 4.54. The van der Waals surface area contributed by atoms with Crippen LogP contribution in [0, 0.1) is 24.5 Å². The molecule has 0 saturated carbocycles. The Morgan fingerprint density at radius 2 is 2.03 bits per heavy atom. The second-order valence-electron chi connectivity index (χ2n) is 7.88. The Morgan fingerprint density at radius 3 is 2.74 bits per heavy atom. The molecule has 0 radical (unpaired) electrons. The minimum Gasteiger partial charge on any atom is -0.368 e. The monoisotopic (exact) mass is 444 g/mol. The third-order valence-electron chi connectivity index (χ3n) is 5.11. The first-order valence-electron chi connectivity index (χ1n) is 9.87. The van der Waals surface area contributed by atoms with Gasteiger partial charge in [0, 0.05) is 25.3 Å². The van der Waals surface area contributed by atoms with Crippen molar-refractivity contribution >= 4 is 28.8 Å². The fourth-order valence-electron chi connectivity index (χ4n) is 3.86. The number of nitrogens with zero attached hydrogens (tertiary/aromatic N) is 4. The van der Waals surface area contributed by atoms with E-state index in [1.54, 1.807) is 19.3 Å². The van der Waals surface area contributed by atoms with Crippen molar-refractivity contribution in [3.63, 3.8) is 0 Å². The van der Waals surface area contributed by atoms with E-state index < -0.39 is 17.5 Å². The molecule has 1 saturated heterocycles. The molecule has 1 amide bonds. The number of halogens is 2. The molecule has 1 aliphatic heterocycles. The van der Waals surface area contributed by atoms with Crippen LogP contribution in [0.1, 0.15) is 28.7 Å². The number of amides is 1. The van der Waals surface area contributed by atoms with E-state index in [0.29, 0.717) is 23.7 Å². The molecule has 0 aliphatic carbocycles. The lowest BCUT2D eigenvalue weighted by Crippen LogP contribution is -2.46. The molecule has 0 unspecified atom stereocenters. The number of anilines is 2. The zero-order valence-electron chi connectivity index (χ0n) is 17.1. The molecule has 1 aromatic carbocycles. The standard InChI is InChI=1S/C21H22F2N6OS/c1-11-6-14(22)18(15(23)7-11)19-27-21(31-28-19)20(30)26-16-8-25-4-3-17(16)29-9-12(2)5-13(24)10-29/h3-4,6-8,12-13H,5,9-10,24H2,1-2H3,(H,26,30)/t12-,13+/m1/s1. The highest BCUT2D eigenvalue weighted by atomic mass is 32.1. The van der Waals surface area contributed by atoms with Crippen molar-refractivity contribution in [3.05, 3.63) is 52.8 Å². The van der Waals surface area contributed by atoms with Gasteiger partial charge in [0.05, 0.1) is 23.1 Å². The fraction of sp³-hybridized carbons (Fsp3) is 0.333. The van der Waals surface area contributed by atoms with Crippen LogP contribution in [0.4, 0.5) is 20.2 Å². The van der Waals surface area contributed by atoms with Crippen molar-refractivity contribution in [2.45, 2.75) is 26.3 Å². The van der Waals surface area contributed by atoms with Crippen LogP contribution in [0.3, 0.4) is 0 Å². The quantitative estimate of drug-likeness (QED) is 0.638. The van der Waals surface area contributed by atoms with E-state index in [9.17, 15) is 13.6 Å². The molecule has 2 aromatic heterocycles. The number of carbonyl (C=O) groups excluding carboxylic acids is 1. The molecule has 162 valence electrons. The van der Waals surface area contributed by atoms with Crippen molar-refractivity contribution in [1.82, 2.24) is 14.3 Å².